The summed E-state index contributed by atoms with van der Waals surface area (Å²) in [6.45, 7) is 3.90. The van der Waals surface area contributed by atoms with Crippen LogP contribution in [0.5, 0.6) is 0 Å². The second kappa shape index (κ2) is 6.99. The van der Waals surface area contributed by atoms with Gasteiger partial charge in [0.25, 0.3) is 12.0 Å². The fourth-order valence-corrected chi connectivity index (χ4v) is 3.51. The second-order valence-electron chi connectivity index (χ2n) is 7.13. The zero-order valence-electron chi connectivity index (χ0n) is 16.0. The molecule has 1 aliphatic rings. The third-order valence-corrected chi connectivity index (χ3v) is 5.23. The molecule has 4 heterocycles. The average Bonchev–Trinajstić information content (AvgIpc) is 2.69. The van der Waals surface area contributed by atoms with E-state index in [1.54, 1.807) is 18.7 Å². The first-order valence-electron chi connectivity index (χ1n) is 9.05. The molecular weight excluding hydrogens is 409 g/mol. The predicted molar refractivity (Wildman–Crippen MR) is 97.7 cm³/mol. The first-order valence-corrected chi connectivity index (χ1v) is 9.05. The van der Waals surface area contributed by atoms with Crippen LogP contribution < -0.4 is 10.5 Å². The molecular formula is C19H16F5N5O. The van der Waals surface area contributed by atoms with Crippen molar-refractivity contribution in [2.75, 3.05) is 11.4 Å². The van der Waals surface area contributed by atoms with Gasteiger partial charge in [0.05, 0.1) is 5.56 Å². The summed E-state index contributed by atoms with van der Waals surface area (Å²) in [6.07, 6.45) is -6.16. The maximum Gasteiger partial charge on any atom is 0.417 e. The van der Waals surface area contributed by atoms with Crippen LogP contribution in [-0.2, 0) is 19.1 Å². The molecule has 0 amide bonds. The number of anilines is 1. The van der Waals surface area contributed by atoms with Crippen LogP contribution in [0, 0.1) is 13.8 Å². The molecule has 0 aromatic carbocycles. The molecule has 0 N–H and O–H groups in total. The lowest BCUT2D eigenvalue weighted by Crippen LogP contribution is -2.34. The van der Waals surface area contributed by atoms with Gasteiger partial charge in [0.1, 0.15) is 5.69 Å². The highest BCUT2D eigenvalue weighted by Crippen LogP contribution is 2.32. The monoisotopic (exact) mass is 425 g/mol. The first kappa shape index (κ1) is 20.2. The lowest BCUT2D eigenvalue weighted by atomic mass is 10.0. The fraction of sp³-hybridized carbons (Fsp3) is 0.368. The normalized spacial score (nSPS) is 14.5. The van der Waals surface area contributed by atoms with Gasteiger partial charge in [-0.05, 0) is 25.5 Å². The summed E-state index contributed by atoms with van der Waals surface area (Å²) in [4.78, 5) is 21.9. The van der Waals surface area contributed by atoms with E-state index in [9.17, 15) is 26.7 Å². The number of alkyl halides is 5. The molecule has 0 unspecified atom stereocenters. The van der Waals surface area contributed by atoms with E-state index in [0.29, 0.717) is 41.2 Å². The molecule has 0 radical (unpaired) electrons. The Morgan fingerprint density at radius 3 is 2.53 bits per heavy atom. The van der Waals surface area contributed by atoms with Gasteiger partial charge < -0.3 is 4.90 Å². The van der Waals surface area contributed by atoms with Crippen molar-refractivity contribution in [2.24, 2.45) is 0 Å². The molecule has 0 aliphatic carbocycles. The number of aromatic nitrogens is 4. The molecule has 30 heavy (non-hydrogen) atoms. The van der Waals surface area contributed by atoms with Crippen molar-refractivity contribution in [3.8, 4) is 0 Å². The molecule has 0 saturated carbocycles. The maximum atomic E-state index is 13.0. The zero-order valence-corrected chi connectivity index (χ0v) is 16.0. The molecule has 4 rings (SSSR count). The third kappa shape index (κ3) is 3.37. The number of fused-ring (bicyclic) bond motifs is 2. The highest BCUT2D eigenvalue weighted by Gasteiger charge is 2.33. The van der Waals surface area contributed by atoms with Crippen LogP contribution in [-0.4, -0.2) is 26.1 Å². The number of hydrogen-bond donors (Lipinski definition) is 0. The van der Waals surface area contributed by atoms with Crippen LogP contribution in [0.2, 0.25) is 0 Å². The van der Waals surface area contributed by atoms with E-state index in [2.05, 4.69) is 15.1 Å². The molecule has 0 bridgehead atoms. The van der Waals surface area contributed by atoms with Gasteiger partial charge in [0.2, 0.25) is 0 Å². The van der Waals surface area contributed by atoms with Crippen LogP contribution in [0.1, 0.15) is 40.1 Å². The second-order valence-corrected chi connectivity index (χ2v) is 7.13. The lowest BCUT2D eigenvalue weighted by Gasteiger charge is -2.31. The predicted octanol–water partition coefficient (Wildman–Crippen LogP) is 3.62. The number of rotatable bonds is 2. The Kier molecular flexibility index (Phi) is 4.70. The topological polar surface area (TPSA) is 63.4 Å². The summed E-state index contributed by atoms with van der Waals surface area (Å²) in [7, 11) is 0. The van der Waals surface area contributed by atoms with Gasteiger partial charge in [0.15, 0.2) is 11.5 Å². The van der Waals surface area contributed by atoms with Gasteiger partial charge in [0, 0.05) is 48.6 Å². The Morgan fingerprint density at radius 2 is 1.87 bits per heavy atom. The molecule has 1 aliphatic heterocycles. The van der Waals surface area contributed by atoms with Crippen LogP contribution >= 0.6 is 0 Å². The Morgan fingerprint density at radius 1 is 1.13 bits per heavy atom. The number of aryl methyl sites for hydroxylation is 1. The highest BCUT2D eigenvalue weighted by molar-refractivity contribution is 5.60. The van der Waals surface area contributed by atoms with Crippen molar-refractivity contribution in [3.63, 3.8) is 0 Å². The van der Waals surface area contributed by atoms with Crippen molar-refractivity contribution in [1.82, 2.24) is 19.6 Å². The largest absolute Gasteiger partial charge is 0.417 e. The summed E-state index contributed by atoms with van der Waals surface area (Å²) in [5, 5.41) is 4.28. The summed E-state index contributed by atoms with van der Waals surface area (Å²) in [6, 6.07) is 1.80. The van der Waals surface area contributed by atoms with Crippen LogP contribution in [0.15, 0.2) is 23.1 Å². The standard InChI is InChI=1S/C19H16F5N5O/c1-9-10(2)18(27-29-15(30)6-14(16(20)21)26-17(9)29)28-4-3-13-11(8-28)5-12(7-25-13)19(22,23)24/h5-7,16H,3-4,8H2,1-2H3. The van der Waals surface area contributed by atoms with Gasteiger partial charge in [-0.15, -0.1) is 5.10 Å². The Balaban J connectivity index is 1.79. The van der Waals surface area contributed by atoms with Crippen molar-refractivity contribution >= 4 is 11.5 Å². The van der Waals surface area contributed by atoms with E-state index in [1.807, 2.05) is 0 Å². The van der Waals surface area contributed by atoms with Gasteiger partial charge in [-0.3, -0.25) is 9.78 Å². The van der Waals surface area contributed by atoms with Crippen LogP contribution in [0.25, 0.3) is 5.65 Å². The minimum atomic E-state index is -4.50. The van der Waals surface area contributed by atoms with Crippen molar-refractivity contribution in [2.45, 2.75) is 39.4 Å². The molecule has 0 fully saturated rings. The number of pyridine rings is 1. The SMILES string of the molecule is Cc1c(N2CCc3ncc(C(F)(F)F)cc3C2)nn2c(=O)cc(C(F)F)nc2c1C. The Labute approximate surface area is 167 Å². The zero-order chi connectivity index (χ0) is 21.8. The smallest absolute Gasteiger partial charge is 0.350 e. The van der Waals surface area contributed by atoms with Crippen LogP contribution in [0.3, 0.4) is 0 Å². The molecule has 6 nitrogen and oxygen atoms in total. The van der Waals surface area contributed by atoms with Gasteiger partial charge in [-0.2, -0.15) is 17.7 Å². The van der Waals surface area contributed by atoms with E-state index < -0.39 is 29.4 Å². The van der Waals surface area contributed by atoms with Gasteiger partial charge in [-0.25, -0.2) is 13.8 Å². The van der Waals surface area contributed by atoms with Gasteiger partial charge in [-0.1, -0.05) is 0 Å². The summed E-state index contributed by atoms with van der Waals surface area (Å²) in [5.74, 6) is 0.386. The Bertz CT molecular complexity index is 1200. The van der Waals surface area contributed by atoms with E-state index >= 15 is 0 Å². The number of halogens is 5. The average molecular weight is 425 g/mol. The lowest BCUT2D eigenvalue weighted by molar-refractivity contribution is -0.137. The maximum absolute atomic E-state index is 13.0. The molecule has 11 heteroatoms. The molecule has 0 saturated heterocycles. The van der Waals surface area contributed by atoms with E-state index in [0.717, 1.165) is 22.8 Å². The van der Waals surface area contributed by atoms with E-state index in [4.69, 9.17) is 0 Å². The number of nitrogens with zero attached hydrogens (tertiary/aromatic N) is 5. The first-order chi connectivity index (χ1) is 14.1. The molecule has 0 atom stereocenters. The van der Waals surface area contributed by atoms with Gasteiger partial charge >= 0.3 is 6.18 Å². The summed E-state index contributed by atoms with van der Waals surface area (Å²) >= 11 is 0. The van der Waals surface area contributed by atoms with Crippen molar-refractivity contribution in [3.05, 3.63) is 62.3 Å². The van der Waals surface area contributed by atoms with E-state index in [1.165, 1.54) is 0 Å². The molecule has 158 valence electrons. The minimum Gasteiger partial charge on any atom is -0.350 e. The van der Waals surface area contributed by atoms with Crippen LogP contribution in [0.4, 0.5) is 27.8 Å². The minimum absolute atomic E-state index is 0.0254. The summed E-state index contributed by atoms with van der Waals surface area (Å²) < 4.78 is 66.1. The van der Waals surface area contributed by atoms with E-state index in [-0.39, 0.29) is 12.2 Å². The molecule has 3 aromatic rings. The van der Waals surface area contributed by atoms with Crippen molar-refractivity contribution in [1.29, 1.82) is 0 Å². The molecule has 3 aromatic heterocycles. The third-order valence-electron chi connectivity index (χ3n) is 5.23. The number of hydrogen-bond acceptors (Lipinski definition) is 5. The fourth-order valence-electron chi connectivity index (χ4n) is 3.51. The quantitative estimate of drug-likeness (QED) is 0.587. The molecule has 0 spiro atoms. The summed E-state index contributed by atoms with van der Waals surface area (Å²) in [5.41, 5.74) is -0.0830. The Hall–Kier alpha value is -3.11. The highest BCUT2D eigenvalue weighted by atomic mass is 19.4. The van der Waals surface area contributed by atoms with Crippen molar-refractivity contribution < 1.29 is 22.0 Å².